The van der Waals surface area contributed by atoms with Crippen LogP contribution in [0.4, 0.5) is 4.79 Å². The zero-order chi connectivity index (χ0) is 13.5. The summed E-state index contributed by atoms with van der Waals surface area (Å²) in [6.07, 6.45) is 0.965. The molecule has 1 unspecified atom stereocenters. The zero-order valence-electron chi connectivity index (χ0n) is 11.1. The van der Waals surface area contributed by atoms with Gasteiger partial charge in [-0.05, 0) is 13.3 Å². The molecule has 0 radical (unpaired) electrons. The van der Waals surface area contributed by atoms with Crippen LogP contribution in [0.5, 0.6) is 0 Å². The van der Waals surface area contributed by atoms with Crippen molar-refractivity contribution in [1.29, 1.82) is 0 Å². The van der Waals surface area contributed by atoms with Crippen LogP contribution in [-0.2, 0) is 9.53 Å². The smallest absolute Gasteiger partial charge is 0.320 e. The highest BCUT2D eigenvalue weighted by Crippen LogP contribution is 2.11. The summed E-state index contributed by atoms with van der Waals surface area (Å²) < 4.78 is 5.51. The molecular formula is C12H22N2O4. The maximum atomic E-state index is 12.2. The number of morpholine rings is 1. The van der Waals surface area contributed by atoms with E-state index >= 15 is 0 Å². The van der Waals surface area contributed by atoms with Gasteiger partial charge in [-0.25, -0.2) is 4.79 Å². The molecule has 0 saturated carbocycles. The lowest BCUT2D eigenvalue weighted by Gasteiger charge is -2.35. The molecule has 18 heavy (non-hydrogen) atoms. The third-order valence-electron chi connectivity index (χ3n) is 3.11. The number of ether oxygens (including phenoxy) is 1. The van der Waals surface area contributed by atoms with Gasteiger partial charge in [0.25, 0.3) is 0 Å². The van der Waals surface area contributed by atoms with Crippen LogP contribution in [0.15, 0.2) is 0 Å². The lowest BCUT2D eigenvalue weighted by atomic mass is 10.2. The minimum absolute atomic E-state index is 0.0128. The molecule has 6 heteroatoms. The van der Waals surface area contributed by atoms with Crippen molar-refractivity contribution in [2.45, 2.75) is 32.8 Å². The first-order valence-corrected chi connectivity index (χ1v) is 6.45. The molecule has 1 saturated heterocycles. The number of carboxylic acids is 1. The van der Waals surface area contributed by atoms with Gasteiger partial charge >= 0.3 is 12.0 Å². The van der Waals surface area contributed by atoms with E-state index in [9.17, 15) is 9.59 Å². The van der Waals surface area contributed by atoms with E-state index in [2.05, 4.69) is 0 Å². The minimum atomic E-state index is -0.880. The van der Waals surface area contributed by atoms with Gasteiger partial charge in [0.1, 0.15) is 0 Å². The van der Waals surface area contributed by atoms with Crippen LogP contribution < -0.4 is 0 Å². The average Bonchev–Trinajstić information content (AvgIpc) is 2.39. The highest BCUT2D eigenvalue weighted by atomic mass is 16.5. The second-order valence-corrected chi connectivity index (χ2v) is 4.35. The van der Waals surface area contributed by atoms with Crippen molar-refractivity contribution >= 4 is 12.0 Å². The Morgan fingerprint density at radius 2 is 2.17 bits per heavy atom. The highest BCUT2D eigenvalue weighted by Gasteiger charge is 2.26. The predicted octanol–water partition coefficient (Wildman–Crippen LogP) is 1.01. The number of urea groups is 1. The molecule has 0 aromatic carbocycles. The minimum Gasteiger partial charge on any atom is -0.481 e. The van der Waals surface area contributed by atoms with E-state index in [0.717, 1.165) is 6.42 Å². The number of nitrogens with zero attached hydrogens (tertiary/aromatic N) is 2. The first kappa shape index (κ1) is 14.8. The van der Waals surface area contributed by atoms with Gasteiger partial charge < -0.3 is 19.6 Å². The Hall–Kier alpha value is -1.30. The largest absolute Gasteiger partial charge is 0.481 e. The Morgan fingerprint density at radius 3 is 2.72 bits per heavy atom. The number of aliphatic carboxylic acids is 1. The third kappa shape index (κ3) is 4.18. The van der Waals surface area contributed by atoms with E-state index in [0.29, 0.717) is 26.2 Å². The molecule has 2 amide bonds. The van der Waals surface area contributed by atoms with Gasteiger partial charge in [0.05, 0.1) is 19.1 Å². The lowest BCUT2D eigenvalue weighted by Crippen LogP contribution is -2.51. The van der Waals surface area contributed by atoms with Crippen molar-refractivity contribution in [3.63, 3.8) is 0 Å². The molecule has 1 fully saturated rings. The Kier molecular flexibility index (Phi) is 5.91. The Morgan fingerprint density at radius 1 is 1.44 bits per heavy atom. The summed E-state index contributed by atoms with van der Waals surface area (Å²) in [5, 5.41) is 8.66. The summed E-state index contributed by atoms with van der Waals surface area (Å²) in [5.74, 6) is -0.880. The number of rotatable bonds is 5. The van der Waals surface area contributed by atoms with Crippen LogP contribution in [0.2, 0.25) is 0 Å². The van der Waals surface area contributed by atoms with E-state index < -0.39 is 5.97 Å². The van der Waals surface area contributed by atoms with Crippen LogP contribution in [0.3, 0.4) is 0 Å². The fourth-order valence-corrected chi connectivity index (χ4v) is 1.96. The van der Waals surface area contributed by atoms with Gasteiger partial charge in [0.2, 0.25) is 0 Å². The highest BCUT2D eigenvalue weighted by molar-refractivity contribution is 5.75. The van der Waals surface area contributed by atoms with Crippen molar-refractivity contribution in [3.8, 4) is 0 Å². The molecule has 1 aliphatic heterocycles. The topological polar surface area (TPSA) is 70.1 Å². The fourth-order valence-electron chi connectivity index (χ4n) is 1.96. The summed E-state index contributed by atoms with van der Waals surface area (Å²) in [5.41, 5.74) is 0. The Bertz CT molecular complexity index is 296. The molecule has 1 atom stereocenters. The number of hydrogen-bond acceptors (Lipinski definition) is 3. The van der Waals surface area contributed by atoms with Gasteiger partial charge in [-0.1, -0.05) is 6.92 Å². The third-order valence-corrected chi connectivity index (χ3v) is 3.11. The number of amides is 2. The molecule has 1 rings (SSSR count). The molecule has 0 spiro atoms. The number of hydrogen-bond donors (Lipinski definition) is 1. The number of carbonyl (C=O) groups excluding carboxylic acids is 1. The molecular weight excluding hydrogens is 236 g/mol. The van der Waals surface area contributed by atoms with E-state index in [1.807, 2.05) is 13.8 Å². The molecule has 0 bridgehead atoms. The normalized spacial score (nSPS) is 19.7. The van der Waals surface area contributed by atoms with Gasteiger partial charge in [0, 0.05) is 26.2 Å². The Labute approximate surface area is 107 Å². The van der Waals surface area contributed by atoms with Crippen LogP contribution in [0, 0.1) is 0 Å². The van der Waals surface area contributed by atoms with Crippen molar-refractivity contribution in [1.82, 2.24) is 9.80 Å². The number of carbonyl (C=O) groups is 2. The summed E-state index contributed by atoms with van der Waals surface area (Å²) in [6.45, 7) is 6.41. The van der Waals surface area contributed by atoms with Crippen LogP contribution in [0.25, 0.3) is 0 Å². The summed E-state index contributed by atoms with van der Waals surface area (Å²) in [4.78, 5) is 26.1. The van der Waals surface area contributed by atoms with Crippen molar-refractivity contribution in [2.75, 3.05) is 32.8 Å². The first-order chi connectivity index (χ1) is 8.58. The second kappa shape index (κ2) is 7.20. The van der Waals surface area contributed by atoms with Crippen molar-refractivity contribution < 1.29 is 19.4 Å². The van der Waals surface area contributed by atoms with Gasteiger partial charge in [-0.15, -0.1) is 0 Å². The SMILES string of the molecule is CCC1CN(C(=O)N(CC)CCC(=O)O)CCO1. The van der Waals surface area contributed by atoms with E-state index in [-0.39, 0.29) is 25.1 Å². The van der Waals surface area contributed by atoms with E-state index in [1.165, 1.54) is 0 Å². The first-order valence-electron chi connectivity index (χ1n) is 6.45. The second-order valence-electron chi connectivity index (χ2n) is 4.35. The molecule has 0 aliphatic carbocycles. The molecule has 0 aromatic heterocycles. The quantitative estimate of drug-likeness (QED) is 0.799. The summed E-state index contributed by atoms with van der Waals surface area (Å²) in [7, 11) is 0. The van der Waals surface area contributed by atoms with E-state index in [4.69, 9.17) is 9.84 Å². The molecule has 6 nitrogen and oxygen atoms in total. The summed E-state index contributed by atoms with van der Waals surface area (Å²) >= 11 is 0. The monoisotopic (exact) mass is 258 g/mol. The predicted molar refractivity (Wildman–Crippen MR) is 66.5 cm³/mol. The lowest BCUT2D eigenvalue weighted by molar-refractivity contribution is -0.137. The molecule has 1 N–H and O–H groups in total. The van der Waals surface area contributed by atoms with Crippen LogP contribution >= 0.6 is 0 Å². The standard InChI is InChI=1S/C12H22N2O4/c1-3-10-9-14(7-8-18-10)12(17)13(4-2)6-5-11(15)16/h10H,3-9H2,1-2H3,(H,15,16). The molecule has 104 valence electrons. The molecule has 1 heterocycles. The molecule has 0 aromatic rings. The van der Waals surface area contributed by atoms with Gasteiger partial charge in [-0.3, -0.25) is 4.79 Å². The summed E-state index contributed by atoms with van der Waals surface area (Å²) in [6, 6.07) is -0.0829. The van der Waals surface area contributed by atoms with E-state index in [1.54, 1.807) is 9.80 Å². The fraction of sp³-hybridized carbons (Fsp3) is 0.833. The number of carboxylic acid groups (broad SMARTS) is 1. The van der Waals surface area contributed by atoms with Crippen LogP contribution in [-0.4, -0.2) is 65.8 Å². The van der Waals surface area contributed by atoms with Gasteiger partial charge in [-0.2, -0.15) is 0 Å². The molecule has 1 aliphatic rings. The van der Waals surface area contributed by atoms with Crippen molar-refractivity contribution in [3.05, 3.63) is 0 Å². The maximum Gasteiger partial charge on any atom is 0.320 e. The van der Waals surface area contributed by atoms with Crippen molar-refractivity contribution in [2.24, 2.45) is 0 Å². The maximum absolute atomic E-state index is 12.2. The zero-order valence-corrected chi connectivity index (χ0v) is 11.1. The van der Waals surface area contributed by atoms with Crippen LogP contribution in [0.1, 0.15) is 26.7 Å². The Balaban J connectivity index is 2.51. The van der Waals surface area contributed by atoms with Gasteiger partial charge in [0.15, 0.2) is 0 Å². The average molecular weight is 258 g/mol.